The molecule has 0 aliphatic rings. The first-order chi connectivity index (χ1) is 18.1. The minimum absolute atomic E-state index is 0.130. The SMILES string of the molecule is CCNC(=O)[C@@H](Cc1ccccc1)N(Cc1ccc(Br)cc1)C(=O)CN(c1ccccc1)S(=O)(=O)N(C)C. The third-order valence-electron chi connectivity index (χ3n) is 5.95. The summed E-state index contributed by atoms with van der Waals surface area (Å²) in [4.78, 5) is 28.8. The second-order valence-corrected chi connectivity index (χ2v) is 11.9. The molecule has 3 rings (SSSR count). The maximum Gasteiger partial charge on any atom is 0.304 e. The maximum absolute atomic E-state index is 14.0. The molecular formula is C28H33BrN4O4S. The molecule has 0 bridgehead atoms. The summed E-state index contributed by atoms with van der Waals surface area (Å²) in [5.74, 6) is -0.794. The molecule has 0 heterocycles. The van der Waals surface area contributed by atoms with E-state index in [9.17, 15) is 18.0 Å². The predicted octanol–water partition coefficient (Wildman–Crippen LogP) is 3.84. The summed E-state index contributed by atoms with van der Waals surface area (Å²) in [5, 5.41) is 2.85. The predicted molar refractivity (Wildman–Crippen MR) is 154 cm³/mol. The summed E-state index contributed by atoms with van der Waals surface area (Å²) in [7, 11) is -1.16. The summed E-state index contributed by atoms with van der Waals surface area (Å²) in [6, 6.07) is 24.5. The highest BCUT2D eigenvalue weighted by Crippen LogP contribution is 2.22. The van der Waals surface area contributed by atoms with Gasteiger partial charge in [0.25, 0.3) is 0 Å². The molecule has 0 saturated carbocycles. The van der Waals surface area contributed by atoms with Crippen LogP contribution < -0.4 is 9.62 Å². The number of halogens is 1. The Kier molecular flexibility index (Phi) is 10.5. The van der Waals surface area contributed by atoms with E-state index in [2.05, 4.69) is 21.2 Å². The van der Waals surface area contributed by atoms with Gasteiger partial charge in [0.2, 0.25) is 11.8 Å². The normalized spacial score (nSPS) is 12.1. The molecule has 8 nitrogen and oxygen atoms in total. The van der Waals surface area contributed by atoms with Crippen LogP contribution in [0.5, 0.6) is 0 Å². The number of benzene rings is 3. The lowest BCUT2D eigenvalue weighted by Crippen LogP contribution is -2.54. The van der Waals surface area contributed by atoms with E-state index in [-0.39, 0.29) is 18.9 Å². The molecule has 38 heavy (non-hydrogen) atoms. The Morgan fingerprint density at radius 1 is 0.868 bits per heavy atom. The molecule has 0 saturated heterocycles. The first-order valence-electron chi connectivity index (χ1n) is 12.2. The number of likely N-dealkylation sites (N-methyl/N-ethyl adjacent to an activating group) is 1. The molecule has 0 aromatic heterocycles. The van der Waals surface area contributed by atoms with Crippen molar-refractivity contribution in [3.05, 3.63) is 101 Å². The Balaban J connectivity index is 2.05. The molecule has 0 aliphatic heterocycles. The molecular weight excluding hydrogens is 568 g/mol. The van der Waals surface area contributed by atoms with Crippen molar-refractivity contribution < 1.29 is 18.0 Å². The lowest BCUT2D eigenvalue weighted by molar-refractivity contribution is -0.140. The van der Waals surface area contributed by atoms with Crippen LogP contribution in [0.3, 0.4) is 0 Å². The number of nitrogens with one attached hydrogen (secondary N) is 1. The highest BCUT2D eigenvalue weighted by molar-refractivity contribution is 9.10. The molecule has 0 radical (unpaired) electrons. The van der Waals surface area contributed by atoms with Crippen LogP contribution in [0.4, 0.5) is 5.69 Å². The van der Waals surface area contributed by atoms with Crippen molar-refractivity contribution in [2.45, 2.75) is 25.9 Å². The zero-order valence-corrected chi connectivity index (χ0v) is 24.2. The quantitative estimate of drug-likeness (QED) is 0.342. The van der Waals surface area contributed by atoms with Crippen molar-refractivity contribution in [3.63, 3.8) is 0 Å². The van der Waals surface area contributed by atoms with Gasteiger partial charge in [-0.3, -0.25) is 9.59 Å². The van der Waals surface area contributed by atoms with Gasteiger partial charge in [0.05, 0.1) is 5.69 Å². The molecule has 2 amide bonds. The fourth-order valence-electron chi connectivity index (χ4n) is 3.94. The number of amides is 2. The van der Waals surface area contributed by atoms with E-state index in [4.69, 9.17) is 0 Å². The first kappa shape index (κ1) is 29.3. The van der Waals surface area contributed by atoms with Crippen LogP contribution in [0.15, 0.2) is 89.4 Å². The van der Waals surface area contributed by atoms with Gasteiger partial charge in [0.15, 0.2) is 0 Å². The van der Waals surface area contributed by atoms with Crippen LogP contribution in [0.1, 0.15) is 18.1 Å². The number of carbonyl (C=O) groups excluding carboxylic acids is 2. The number of rotatable bonds is 12. The molecule has 10 heteroatoms. The lowest BCUT2D eigenvalue weighted by atomic mass is 10.0. The zero-order valence-electron chi connectivity index (χ0n) is 21.7. The van der Waals surface area contributed by atoms with Gasteiger partial charge in [-0.1, -0.05) is 76.6 Å². The van der Waals surface area contributed by atoms with Crippen molar-refractivity contribution in [1.29, 1.82) is 0 Å². The van der Waals surface area contributed by atoms with E-state index >= 15 is 0 Å². The lowest BCUT2D eigenvalue weighted by Gasteiger charge is -2.34. The molecule has 1 N–H and O–H groups in total. The van der Waals surface area contributed by atoms with Gasteiger partial charge in [-0.15, -0.1) is 0 Å². The molecule has 0 unspecified atom stereocenters. The fourth-order valence-corrected chi connectivity index (χ4v) is 5.26. The van der Waals surface area contributed by atoms with Crippen molar-refractivity contribution >= 4 is 43.6 Å². The van der Waals surface area contributed by atoms with Gasteiger partial charge in [-0.05, 0) is 42.3 Å². The number of para-hydroxylation sites is 1. The Morgan fingerprint density at radius 3 is 2.00 bits per heavy atom. The summed E-state index contributed by atoms with van der Waals surface area (Å²) < 4.78 is 29.6. The second-order valence-electron chi connectivity index (χ2n) is 8.88. The smallest absolute Gasteiger partial charge is 0.304 e. The Hall–Kier alpha value is -3.21. The van der Waals surface area contributed by atoms with E-state index in [1.165, 1.54) is 19.0 Å². The van der Waals surface area contributed by atoms with E-state index < -0.39 is 28.7 Å². The van der Waals surface area contributed by atoms with E-state index in [0.717, 1.165) is 24.2 Å². The average Bonchev–Trinajstić information content (AvgIpc) is 2.91. The van der Waals surface area contributed by atoms with Gasteiger partial charge < -0.3 is 10.2 Å². The van der Waals surface area contributed by atoms with Crippen LogP contribution >= 0.6 is 15.9 Å². The first-order valence-corrected chi connectivity index (χ1v) is 14.4. The number of hydrogen-bond acceptors (Lipinski definition) is 4. The van der Waals surface area contributed by atoms with Crippen molar-refractivity contribution in [3.8, 4) is 0 Å². The molecule has 202 valence electrons. The molecule has 3 aromatic rings. The minimum Gasteiger partial charge on any atom is -0.355 e. The van der Waals surface area contributed by atoms with Crippen molar-refractivity contribution in [2.75, 3.05) is 31.5 Å². The third kappa shape index (κ3) is 7.66. The molecule has 0 spiro atoms. The maximum atomic E-state index is 14.0. The molecule has 0 aliphatic carbocycles. The molecule has 3 aromatic carbocycles. The molecule has 1 atom stereocenters. The minimum atomic E-state index is -4.00. The van der Waals surface area contributed by atoms with Gasteiger partial charge in [-0.2, -0.15) is 12.7 Å². The summed E-state index contributed by atoms with van der Waals surface area (Å²) in [5.41, 5.74) is 2.06. The van der Waals surface area contributed by atoms with E-state index in [1.54, 1.807) is 30.3 Å². The van der Waals surface area contributed by atoms with Crippen molar-refractivity contribution in [1.82, 2.24) is 14.5 Å². The number of nitrogens with zero attached hydrogens (tertiary/aromatic N) is 3. The van der Waals surface area contributed by atoms with Crippen LogP contribution in [-0.4, -0.2) is 62.7 Å². The van der Waals surface area contributed by atoms with Crippen LogP contribution in [0.25, 0.3) is 0 Å². The third-order valence-corrected chi connectivity index (χ3v) is 8.30. The standard InChI is InChI=1S/C28H33BrN4O4S/c1-4-30-28(35)26(19-22-11-7-5-8-12-22)32(20-23-15-17-24(29)18-16-23)27(34)21-33(38(36,37)31(2)3)25-13-9-6-10-14-25/h5-18,26H,4,19-21H2,1-3H3,(H,30,35)/t26-/m1/s1. The topological polar surface area (TPSA) is 90.0 Å². The summed E-state index contributed by atoms with van der Waals surface area (Å²) >= 11 is 3.43. The molecule has 0 fully saturated rings. The van der Waals surface area contributed by atoms with Gasteiger partial charge in [0, 0.05) is 38.1 Å². The average molecular weight is 602 g/mol. The van der Waals surface area contributed by atoms with Crippen LogP contribution in [0.2, 0.25) is 0 Å². The number of carbonyl (C=O) groups is 2. The number of anilines is 1. The van der Waals surface area contributed by atoms with Crippen molar-refractivity contribution in [2.24, 2.45) is 0 Å². The van der Waals surface area contributed by atoms with Gasteiger partial charge >= 0.3 is 10.2 Å². The number of hydrogen-bond donors (Lipinski definition) is 1. The van der Waals surface area contributed by atoms with E-state index in [0.29, 0.717) is 12.2 Å². The van der Waals surface area contributed by atoms with Crippen LogP contribution in [-0.2, 0) is 32.8 Å². The monoisotopic (exact) mass is 600 g/mol. The summed E-state index contributed by atoms with van der Waals surface area (Å²) in [6.45, 7) is 1.88. The Bertz CT molecular complexity index is 1300. The largest absolute Gasteiger partial charge is 0.355 e. The second kappa shape index (κ2) is 13.5. The zero-order chi connectivity index (χ0) is 27.7. The Labute approximate surface area is 233 Å². The Morgan fingerprint density at radius 2 is 1.45 bits per heavy atom. The fraction of sp³-hybridized carbons (Fsp3) is 0.286. The highest BCUT2D eigenvalue weighted by atomic mass is 79.9. The summed E-state index contributed by atoms with van der Waals surface area (Å²) in [6.07, 6.45) is 0.278. The van der Waals surface area contributed by atoms with Gasteiger partial charge in [0.1, 0.15) is 12.6 Å². The highest BCUT2D eigenvalue weighted by Gasteiger charge is 2.34. The van der Waals surface area contributed by atoms with Gasteiger partial charge in [-0.25, -0.2) is 4.31 Å². The van der Waals surface area contributed by atoms with Crippen LogP contribution in [0, 0.1) is 0 Å². The van der Waals surface area contributed by atoms with E-state index in [1.807, 2.05) is 61.5 Å².